The van der Waals surface area contributed by atoms with Crippen molar-refractivity contribution in [3.05, 3.63) is 45.5 Å². The minimum Gasteiger partial charge on any atom is -0.339 e. The Balaban J connectivity index is 2.31. The number of aromatic nitrogens is 2. The van der Waals surface area contributed by atoms with E-state index in [9.17, 15) is 4.39 Å². The molecule has 0 spiro atoms. The van der Waals surface area contributed by atoms with E-state index in [0.29, 0.717) is 27.0 Å². The maximum atomic E-state index is 12.9. The Bertz CT molecular complexity index is 542. The standard InChI is InChI=1S/C11H8BrClFN3/c1-6-15-10(13)5-11(16-6)17-9-3-2-7(14)4-8(9)12/h2-5H,1H3,(H,15,16,17). The zero-order chi connectivity index (χ0) is 12.4. The van der Waals surface area contributed by atoms with Crippen LogP contribution < -0.4 is 5.32 Å². The van der Waals surface area contributed by atoms with Crippen LogP contribution in [0.5, 0.6) is 0 Å². The minimum absolute atomic E-state index is 0.306. The summed E-state index contributed by atoms with van der Waals surface area (Å²) in [6, 6.07) is 5.95. The summed E-state index contributed by atoms with van der Waals surface area (Å²) in [4.78, 5) is 8.13. The fraction of sp³-hybridized carbons (Fsp3) is 0.0909. The Kier molecular flexibility index (Phi) is 3.59. The highest BCUT2D eigenvalue weighted by molar-refractivity contribution is 9.10. The molecule has 0 atom stereocenters. The van der Waals surface area contributed by atoms with Crippen molar-refractivity contribution in [2.24, 2.45) is 0 Å². The number of aryl methyl sites for hydroxylation is 1. The van der Waals surface area contributed by atoms with Crippen LogP contribution in [-0.4, -0.2) is 9.97 Å². The molecule has 0 amide bonds. The maximum absolute atomic E-state index is 12.9. The molecule has 1 heterocycles. The second-order valence-electron chi connectivity index (χ2n) is 3.37. The van der Waals surface area contributed by atoms with Crippen molar-refractivity contribution in [2.45, 2.75) is 6.92 Å². The molecule has 0 fully saturated rings. The molecule has 0 saturated heterocycles. The number of rotatable bonds is 2. The van der Waals surface area contributed by atoms with Crippen molar-refractivity contribution in [2.75, 3.05) is 5.32 Å². The third kappa shape index (κ3) is 3.14. The second kappa shape index (κ2) is 4.98. The Morgan fingerprint density at radius 3 is 2.71 bits per heavy atom. The van der Waals surface area contributed by atoms with Crippen molar-refractivity contribution in [3.8, 4) is 0 Å². The second-order valence-corrected chi connectivity index (χ2v) is 4.61. The highest BCUT2D eigenvalue weighted by atomic mass is 79.9. The molecule has 0 aliphatic heterocycles. The van der Waals surface area contributed by atoms with Crippen LogP contribution in [0.4, 0.5) is 15.9 Å². The summed E-state index contributed by atoms with van der Waals surface area (Å²) in [6.07, 6.45) is 0. The zero-order valence-electron chi connectivity index (χ0n) is 8.84. The average Bonchev–Trinajstić information content (AvgIpc) is 2.21. The van der Waals surface area contributed by atoms with E-state index >= 15 is 0 Å². The van der Waals surface area contributed by atoms with E-state index in [0.717, 1.165) is 0 Å². The van der Waals surface area contributed by atoms with Crippen LogP contribution in [0, 0.1) is 12.7 Å². The number of hydrogen-bond donors (Lipinski definition) is 1. The minimum atomic E-state index is -0.306. The van der Waals surface area contributed by atoms with Crippen molar-refractivity contribution < 1.29 is 4.39 Å². The first-order valence-electron chi connectivity index (χ1n) is 4.78. The topological polar surface area (TPSA) is 37.8 Å². The summed E-state index contributed by atoms with van der Waals surface area (Å²) in [5.41, 5.74) is 0.709. The lowest BCUT2D eigenvalue weighted by molar-refractivity contribution is 0.627. The number of nitrogens with zero attached hydrogens (tertiary/aromatic N) is 2. The van der Waals surface area contributed by atoms with E-state index in [1.54, 1.807) is 19.1 Å². The molecule has 1 N–H and O–H groups in total. The van der Waals surface area contributed by atoms with Gasteiger partial charge in [-0.2, -0.15) is 0 Å². The quantitative estimate of drug-likeness (QED) is 0.848. The third-order valence-corrected chi connectivity index (χ3v) is 2.85. The van der Waals surface area contributed by atoms with E-state index in [2.05, 4.69) is 31.2 Å². The van der Waals surface area contributed by atoms with Gasteiger partial charge >= 0.3 is 0 Å². The molecule has 17 heavy (non-hydrogen) atoms. The first kappa shape index (κ1) is 12.3. The molecule has 0 radical (unpaired) electrons. The van der Waals surface area contributed by atoms with Gasteiger partial charge in [-0.3, -0.25) is 0 Å². The maximum Gasteiger partial charge on any atom is 0.135 e. The van der Waals surface area contributed by atoms with Gasteiger partial charge in [-0.15, -0.1) is 0 Å². The van der Waals surface area contributed by atoms with Gasteiger partial charge in [0.1, 0.15) is 22.6 Å². The Hall–Kier alpha value is -1.20. The molecule has 0 aliphatic rings. The normalized spacial score (nSPS) is 10.4. The molecule has 0 aliphatic carbocycles. The highest BCUT2D eigenvalue weighted by Crippen LogP contribution is 2.26. The van der Waals surface area contributed by atoms with Crippen LogP contribution in [0.3, 0.4) is 0 Å². The fourth-order valence-corrected chi connectivity index (χ4v) is 2.00. The van der Waals surface area contributed by atoms with E-state index in [1.165, 1.54) is 12.1 Å². The van der Waals surface area contributed by atoms with Crippen LogP contribution >= 0.6 is 27.5 Å². The van der Waals surface area contributed by atoms with E-state index < -0.39 is 0 Å². The van der Waals surface area contributed by atoms with Gasteiger partial charge in [0.25, 0.3) is 0 Å². The summed E-state index contributed by atoms with van der Waals surface area (Å²) in [5.74, 6) is 0.826. The molecule has 0 saturated carbocycles. The molecule has 0 unspecified atom stereocenters. The Labute approximate surface area is 111 Å². The lowest BCUT2D eigenvalue weighted by Gasteiger charge is -2.08. The number of benzene rings is 1. The average molecular weight is 317 g/mol. The van der Waals surface area contributed by atoms with Gasteiger partial charge in [0.15, 0.2) is 0 Å². The summed E-state index contributed by atoms with van der Waals surface area (Å²) in [7, 11) is 0. The fourth-order valence-electron chi connectivity index (χ4n) is 1.32. The van der Waals surface area contributed by atoms with E-state index in [-0.39, 0.29) is 5.82 Å². The van der Waals surface area contributed by atoms with Gasteiger partial charge in [-0.05, 0) is 41.1 Å². The third-order valence-electron chi connectivity index (χ3n) is 2.00. The van der Waals surface area contributed by atoms with Crippen molar-refractivity contribution in [1.29, 1.82) is 0 Å². The number of anilines is 2. The Morgan fingerprint density at radius 1 is 1.29 bits per heavy atom. The van der Waals surface area contributed by atoms with Gasteiger partial charge < -0.3 is 5.32 Å². The largest absolute Gasteiger partial charge is 0.339 e. The van der Waals surface area contributed by atoms with Crippen molar-refractivity contribution >= 4 is 39.0 Å². The van der Waals surface area contributed by atoms with Crippen LogP contribution in [-0.2, 0) is 0 Å². The van der Waals surface area contributed by atoms with Gasteiger partial charge in [-0.1, -0.05) is 11.6 Å². The zero-order valence-corrected chi connectivity index (χ0v) is 11.2. The van der Waals surface area contributed by atoms with Gasteiger partial charge in [0.2, 0.25) is 0 Å². The molecule has 6 heteroatoms. The predicted molar refractivity (Wildman–Crippen MR) is 69.2 cm³/mol. The molecule has 1 aromatic heterocycles. The molecular weight excluding hydrogens is 308 g/mol. The van der Waals surface area contributed by atoms with E-state index in [4.69, 9.17) is 11.6 Å². The molecule has 3 nitrogen and oxygen atoms in total. The van der Waals surface area contributed by atoms with E-state index in [1.807, 2.05) is 0 Å². The highest BCUT2D eigenvalue weighted by Gasteiger charge is 2.04. The summed E-state index contributed by atoms with van der Waals surface area (Å²) in [6.45, 7) is 1.75. The lowest BCUT2D eigenvalue weighted by atomic mass is 10.3. The first-order valence-corrected chi connectivity index (χ1v) is 5.95. The smallest absolute Gasteiger partial charge is 0.135 e. The first-order chi connectivity index (χ1) is 8.04. The molecule has 2 aromatic rings. The van der Waals surface area contributed by atoms with Gasteiger partial charge in [-0.25, -0.2) is 14.4 Å². The molecular formula is C11H8BrClFN3. The number of nitrogens with one attached hydrogen (secondary N) is 1. The molecule has 1 aromatic carbocycles. The number of halogens is 3. The summed E-state index contributed by atoms with van der Waals surface area (Å²) in [5, 5.41) is 3.39. The van der Waals surface area contributed by atoms with Gasteiger partial charge in [0.05, 0.1) is 5.69 Å². The Morgan fingerprint density at radius 2 is 2.06 bits per heavy atom. The van der Waals surface area contributed by atoms with Gasteiger partial charge in [0, 0.05) is 10.5 Å². The number of hydrogen-bond acceptors (Lipinski definition) is 3. The molecule has 0 bridgehead atoms. The van der Waals surface area contributed by atoms with Crippen LogP contribution in [0.1, 0.15) is 5.82 Å². The van der Waals surface area contributed by atoms with Crippen molar-refractivity contribution in [3.63, 3.8) is 0 Å². The lowest BCUT2D eigenvalue weighted by Crippen LogP contribution is -1.98. The molecule has 2 rings (SSSR count). The molecule has 88 valence electrons. The predicted octanol–water partition coefficient (Wildman–Crippen LogP) is 4.08. The van der Waals surface area contributed by atoms with Crippen molar-refractivity contribution in [1.82, 2.24) is 9.97 Å². The van der Waals surface area contributed by atoms with Crippen LogP contribution in [0.2, 0.25) is 5.15 Å². The summed E-state index contributed by atoms with van der Waals surface area (Å²) >= 11 is 9.08. The van der Waals surface area contributed by atoms with Crippen LogP contribution in [0.25, 0.3) is 0 Å². The summed E-state index contributed by atoms with van der Waals surface area (Å²) < 4.78 is 13.5. The monoisotopic (exact) mass is 315 g/mol. The van der Waals surface area contributed by atoms with Crippen LogP contribution in [0.15, 0.2) is 28.7 Å². The SMILES string of the molecule is Cc1nc(Cl)cc(Nc2ccc(F)cc2Br)n1.